The average molecular weight is 386 g/mol. The minimum Gasteiger partial charge on any atom is -0.420 e. The third-order valence-corrected chi connectivity index (χ3v) is 6.74. The van der Waals surface area contributed by atoms with Crippen LogP contribution in [-0.2, 0) is 9.84 Å². The van der Waals surface area contributed by atoms with Crippen LogP contribution in [0.1, 0.15) is 23.6 Å². The Hall–Kier alpha value is -2.38. The van der Waals surface area contributed by atoms with Gasteiger partial charge in [0.15, 0.2) is 0 Å². The average Bonchev–Trinajstić information content (AvgIpc) is 3.41. The summed E-state index contributed by atoms with van der Waals surface area (Å²) in [6.45, 7) is 1.56. The smallest absolute Gasteiger partial charge is 0.236 e. The van der Waals surface area contributed by atoms with Crippen LogP contribution in [-0.4, -0.2) is 26.5 Å². The van der Waals surface area contributed by atoms with E-state index in [0.29, 0.717) is 11.8 Å². The van der Waals surface area contributed by atoms with E-state index in [0.717, 1.165) is 30.8 Å². The summed E-state index contributed by atoms with van der Waals surface area (Å²) in [5.41, 5.74) is 0. The molecule has 2 aromatic heterocycles. The molecular weight excluding hydrogens is 368 g/mol. The molecule has 4 rings (SSSR count). The van der Waals surface area contributed by atoms with Crippen LogP contribution in [0.15, 0.2) is 62.2 Å². The van der Waals surface area contributed by atoms with Crippen LogP contribution in [0.5, 0.6) is 0 Å². The Kier molecular flexibility index (Phi) is 4.65. The first kappa shape index (κ1) is 17.1. The van der Waals surface area contributed by atoms with Gasteiger partial charge in [0, 0.05) is 24.0 Å². The largest absolute Gasteiger partial charge is 0.420 e. The lowest BCUT2D eigenvalue weighted by molar-refractivity contribution is 0.534. The minimum absolute atomic E-state index is 0.00331. The molecule has 0 spiro atoms. The Morgan fingerprint density at radius 3 is 2.50 bits per heavy atom. The molecule has 0 radical (unpaired) electrons. The van der Waals surface area contributed by atoms with Gasteiger partial charge in [0.2, 0.25) is 26.6 Å². The Morgan fingerprint density at radius 2 is 1.81 bits per heavy atom. The second-order valence-corrected chi connectivity index (χ2v) is 8.87. The molecule has 7 heteroatoms. The van der Waals surface area contributed by atoms with Crippen molar-refractivity contribution in [3.63, 3.8) is 0 Å². The zero-order valence-corrected chi connectivity index (χ0v) is 15.7. The van der Waals surface area contributed by atoms with Gasteiger partial charge in [0.05, 0.1) is 4.90 Å². The molecule has 26 heavy (non-hydrogen) atoms. The summed E-state index contributed by atoms with van der Waals surface area (Å²) in [5, 5.41) is 1.98. The highest BCUT2D eigenvalue weighted by Gasteiger charge is 2.31. The molecule has 0 aliphatic carbocycles. The lowest BCUT2D eigenvalue weighted by Crippen LogP contribution is -2.19. The number of nitrogens with zero attached hydrogens (tertiary/aromatic N) is 2. The second kappa shape index (κ2) is 7.09. The van der Waals surface area contributed by atoms with Crippen molar-refractivity contribution in [2.75, 3.05) is 18.0 Å². The monoisotopic (exact) mass is 386 g/mol. The van der Waals surface area contributed by atoms with Crippen LogP contribution in [0.4, 0.5) is 5.88 Å². The van der Waals surface area contributed by atoms with Gasteiger partial charge in [-0.15, -0.1) is 11.3 Å². The van der Waals surface area contributed by atoms with Crippen LogP contribution in [0.3, 0.4) is 0 Å². The van der Waals surface area contributed by atoms with Gasteiger partial charge >= 0.3 is 0 Å². The molecule has 3 heterocycles. The van der Waals surface area contributed by atoms with E-state index in [2.05, 4.69) is 4.98 Å². The number of rotatable bonds is 5. The highest BCUT2D eigenvalue weighted by atomic mass is 32.2. The van der Waals surface area contributed by atoms with Crippen molar-refractivity contribution in [3.05, 3.63) is 58.6 Å². The molecule has 5 nitrogen and oxygen atoms in total. The molecule has 0 unspecified atom stereocenters. The summed E-state index contributed by atoms with van der Waals surface area (Å²) in [7, 11) is -3.74. The zero-order chi connectivity index (χ0) is 18.0. The molecule has 0 amide bonds. The summed E-state index contributed by atoms with van der Waals surface area (Å²) in [6, 6.07) is 12.3. The topological polar surface area (TPSA) is 63.4 Å². The molecule has 0 saturated carbocycles. The summed E-state index contributed by atoms with van der Waals surface area (Å²) < 4.78 is 32.0. The van der Waals surface area contributed by atoms with Gasteiger partial charge in [0.25, 0.3) is 0 Å². The number of benzene rings is 1. The number of hydrogen-bond donors (Lipinski definition) is 0. The first-order chi connectivity index (χ1) is 12.6. The van der Waals surface area contributed by atoms with Gasteiger partial charge in [-0.2, -0.15) is 4.98 Å². The maximum absolute atomic E-state index is 13.1. The fourth-order valence-corrected chi connectivity index (χ4v) is 4.90. The highest BCUT2D eigenvalue weighted by molar-refractivity contribution is 7.91. The van der Waals surface area contributed by atoms with Crippen molar-refractivity contribution in [3.8, 4) is 0 Å². The zero-order valence-electron chi connectivity index (χ0n) is 14.0. The standard InChI is InChI=1S/C19H18N2O3S2/c22-26(23,16-8-2-1-3-9-16)18-19(21-12-4-5-13-21)24-17(20-18)11-10-15-7-6-14-25-15/h1-3,6-11,14H,4-5,12-13H2/b11-10+. The van der Waals surface area contributed by atoms with Crippen molar-refractivity contribution in [2.45, 2.75) is 22.8 Å². The Balaban J connectivity index is 1.77. The van der Waals surface area contributed by atoms with E-state index in [1.807, 2.05) is 28.5 Å². The van der Waals surface area contributed by atoms with E-state index in [4.69, 9.17) is 4.42 Å². The SMILES string of the molecule is O=S(=O)(c1ccccc1)c1nc(/C=C/c2cccs2)oc1N1CCCC1. The molecule has 1 aliphatic rings. The van der Waals surface area contributed by atoms with Gasteiger partial charge in [-0.1, -0.05) is 24.3 Å². The van der Waals surface area contributed by atoms with Crippen molar-refractivity contribution in [2.24, 2.45) is 0 Å². The van der Waals surface area contributed by atoms with E-state index in [1.165, 1.54) is 0 Å². The van der Waals surface area contributed by atoms with Crippen molar-refractivity contribution in [1.82, 2.24) is 4.98 Å². The minimum atomic E-state index is -3.74. The van der Waals surface area contributed by atoms with E-state index >= 15 is 0 Å². The molecule has 1 aromatic carbocycles. The number of oxazole rings is 1. The van der Waals surface area contributed by atoms with Gasteiger partial charge in [-0.25, -0.2) is 8.42 Å². The van der Waals surface area contributed by atoms with Crippen molar-refractivity contribution < 1.29 is 12.8 Å². The Bertz CT molecular complexity index is 1000. The van der Waals surface area contributed by atoms with Crippen molar-refractivity contribution >= 4 is 39.2 Å². The molecule has 0 bridgehead atoms. The summed E-state index contributed by atoms with van der Waals surface area (Å²) in [6.07, 6.45) is 5.64. The van der Waals surface area contributed by atoms with E-state index in [-0.39, 0.29) is 9.92 Å². The molecule has 0 atom stereocenters. The highest BCUT2D eigenvalue weighted by Crippen LogP contribution is 2.33. The number of hydrogen-bond acceptors (Lipinski definition) is 6. The van der Waals surface area contributed by atoms with Crippen LogP contribution in [0, 0.1) is 0 Å². The van der Waals surface area contributed by atoms with Crippen LogP contribution in [0.2, 0.25) is 0 Å². The second-order valence-electron chi connectivity index (χ2n) is 6.02. The van der Waals surface area contributed by atoms with E-state index < -0.39 is 9.84 Å². The molecule has 3 aromatic rings. The third-order valence-electron chi connectivity index (χ3n) is 4.23. The van der Waals surface area contributed by atoms with Gasteiger partial charge in [-0.3, -0.25) is 0 Å². The Morgan fingerprint density at radius 1 is 1.04 bits per heavy atom. The lowest BCUT2D eigenvalue weighted by atomic mass is 10.4. The third kappa shape index (κ3) is 3.32. The maximum Gasteiger partial charge on any atom is 0.236 e. The predicted molar refractivity (Wildman–Crippen MR) is 103 cm³/mol. The lowest BCUT2D eigenvalue weighted by Gasteiger charge is -2.14. The molecule has 1 fully saturated rings. The maximum atomic E-state index is 13.1. The number of sulfone groups is 1. The molecule has 1 saturated heterocycles. The van der Waals surface area contributed by atoms with E-state index in [9.17, 15) is 8.42 Å². The fraction of sp³-hybridized carbons (Fsp3) is 0.211. The first-order valence-corrected chi connectivity index (χ1v) is 10.8. The van der Waals surface area contributed by atoms with Gasteiger partial charge < -0.3 is 9.32 Å². The summed E-state index contributed by atoms with van der Waals surface area (Å²) in [4.78, 5) is 7.57. The fourth-order valence-electron chi connectivity index (χ4n) is 2.93. The molecular formula is C19H18N2O3S2. The summed E-state index contributed by atoms with van der Waals surface area (Å²) >= 11 is 1.60. The predicted octanol–water partition coefficient (Wildman–Crippen LogP) is 4.34. The molecule has 134 valence electrons. The van der Waals surface area contributed by atoms with Crippen molar-refractivity contribution in [1.29, 1.82) is 0 Å². The van der Waals surface area contributed by atoms with Crippen LogP contribution in [0.25, 0.3) is 12.2 Å². The number of aromatic nitrogens is 1. The number of thiophene rings is 1. The van der Waals surface area contributed by atoms with Crippen LogP contribution >= 0.6 is 11.3 Å². The van der Waals surface area contributed by atoms with Gasteiger partial charge in [0.1, 0.15) is 0 Å². The first-order valence-electron chi connectivity index (χ1n) is 8.42. The quantitative estimate of drug-likeness (QED) is 0.653. The normalized spacial score (nSPS) is 15.2. The summed E-state index contributed by atoms with van der Waals surface area (Å²) in [5.74, 6) is 0.645. The Labute approximate surface area is 156 Å². The van der Waals surface area contributed by atoms with E-state index in [1.54, 1.807) is 47.7 Å². The molecule has 0 N–H and O–H groups in total. The van der Waals surface area contributed by atoms with Crippen LogP contribution < -0.4 is 4.90 Å². The number of anilines is 1. The molecule has 1 aliphatic heterocycles. The van der Waals surface area contributed by atoms with Gasteiger partial charge in [-0.05, 0) is 42.5 Å².